The maximum atomic E-state index is 13.0. The topological polar surface area (TPSA) is 212 Å². The quantitative estimate of drug-likeness (QED) is 0.0710. The SMILES string of the molecule is COC(=O)CNC(=O)CN(CCCN=[N+]=[N-])C(=O)CNC(=O)CN(Cc1ccccc1)C(=O)CNC(=O)OCc1ccccc1. The second-order valence-corrected chi connectivity index (χ2v) is 9.40. The molecule has 5 amide bonds. The first-order chi connectivity index (χ1) is 21.7. The van der Waals surface area contributed by atoms with E-state index in [1.165, 1.54) is 4.90 Å². The summed E-state index contributed by atoms with van der Waals surface area (Å²) >= 11 is 0. The van der Waals surface area contributed by atoms with Crippen LogP contribution < -0.4 is 16.0 Å². The van der Waals surface area contributed by atoms with Crippen LogP contribution in [-0.4, -0.2) is 98.4 Å². The van der Waals surface area contributed by atoms with Gasteiger partial charge in [0.25, 0.3) is 0 Å². The third-order valence-electron chi connectivity index (χ3n) is 6.03. The highest BCUT2D eigenvalue weighted by atomic mass is 16.5. The molecule has 0 aliphatic heterocycles. The van der Waals surface area contributed by atoms with Crippen molar-refractivity contribution in [1.29, 1.82) is 0 Å². The van der Waals surface area contributed by atoms with Crippen molar-refractivity contribution < 1.29 is 38.2 Å². The fraction of sp³-hybridized carbons (Fsp3) is 0.379. The van der Waals surface area contributed by atoms with E-state index in [1.807, 2.05) is 6.07 Å². The first kappa shape index (κ1) is 35.6. The zero-order valence-electron chi connectivity index (χ0n) is 24.8. The molecule has 0 saturated carbocycles. The summed E-state index contributed by atoms with van der Waals surface area (Å²) in [6.45, 7) is -2.02. The lowest BCUT2D eigenvalue weighted by molar-refractivity contribution is -0.141. The smallest absolute Gasteiger partial charge is 0.407 e. The van der Waals surface area contributed by atoms with Crippen LogP contribution in [-0.2, 0) is 46.6 Å². The highest BCUT2D eigenvalue weighted by Crippen LogP contribution is 2.05. The Morgan fingerprint density at radius 1 is 0.778 bits per heavy atom. The average Bonchev–Trinajstić information content (AvgIpc) is 3.05. The van der Waals surface area contributed by atoms with Crippen LogP contribution in [0.3, 0.4) is 0 Å². The molecular weight excluding hydrogens is 588 g/mol. The number of carbonyl (C=O) groups is 6. The number of benzene rings is 2. The van der Waals surface area contributed by atoms with Gasteiger partial charge in [0, 0.05) is 24.5 Å². The van der Waals surface area contributed by atoms with Gasteiger partial charge in [0.1, 0.15) is 19.7 Å². The summed E-state index contributed by atoms with van der Waals surface area (Å²) in [6.07, 6.45) is -0.563. The van der Waals surface area contributed by atoms with Crippen LogP contribution in [0.1, 0.15) is 17.5 Å². The third-order valence-corrected chi connectivity index (χ3v) is 6.03. The summed E-state index contributed by atoms with van der Waals surface area (Å²) in [5.41, 5.74) is 9.97. The molecule has 240 valence electrons. The third kappa shape index (κ3) is 14.9. The molecule has 0 unspecified atom stereocenters. The van der Waals surface area contributed by atoms with E-state index < -0.39 is 68.4 Å². The predicted octanol–water partition coefficient (Wildman–Crippen LogP) is 0.876. The number of azide groups is 1. The van der Waals surface area contributed by atoms with Crippen molar-refractivity contribution in [3.8, 4) is 0 Å². The minimum Gasteiger partial charge on any atom is -0.468 e. The van der Waals surface area contributed by atoms with Crippen LogP contribution in [0.4, 0.5) is 4.79 Å². The number of carbonyl (C=O) groups excluding carboxylic acids is 6. The monoisotopic (exact) mass is 624 g/mol. The van der Waals surface area contributed by atoms with Crippen LogP contribution in [0.5, 0.6) is 0 Å². The van der Waals surface area contributed by atoms with Gasteiger partial charge in [0.2, 0.25) is 23.6 Å². The summed E-state index contributed by atoms with van der Waals surface area (Å²) in [5.74, 6) is -3.17. The average molecular weight is 625 g/mol. The van der Waals surface area contributed by atoms with Crippen LogP contribution in [0, 0.1) is 0 Å². The van der Waals surface area contributed by atoms with Gasteiger partial charge < -0.3 is 35.2 Å². The van der Waals surface area contributed by atoms with Crippen LogP contribution in [0.2, 0.25) is 0 Å². The Morgan fingerprint density at radius 3 is 1.96 bits per heavy atom. The molecule has 2 aromatic rings. The van der Waals surface area contributed by atoms with E-state index in [9.17, 15) is 28.8 Å². The summed E-state index contributed by atoms with van der Waals surface area (Å²) in [7, 11) is 1.16. The molecule has 2 rings (SSSR count). The van der Waals surface area contributed by atoms with Crippen molar-refractivity contribution in [3.63, 3.8) is 0 Å². The number of rotatable bonds is 18. The first-order valence-electron chi connectivity index (χ1n) is 13.9. The Morgan fingerprint density at radius 2 is 1.33 bits per heavy atom. The van der Waals surface area contributed by atoms with Crippen molar-refractivity contribution in [2.75, 3.05) is 52.9 Å². The van der Waals surface area contributed by atoms with Gasteiger partial charge in [0.15, 0.2) is 0 Å². The Balaban J connectivity index is 1.96. The minimum absolute atomic E-state index is 0.0144. The van der Waals surface area contributed by atoms with Crippen molar-refractivity contribution in [1.82, 2.24) is 25.8 Å². The standard InChI is InChI=1S/C29H36N8O8/c1-44-28(42)17-32-24(38)19-36(14-8-13-34-35-30)26(40)15-31-25(39)20-37(18-22-9-4-2-5-10-22)27(41)16-33-29(43)45-21-23-11-6-3-7-12-23/h2-7,9-12H,8,13-21H2,1H3,(H,31,39)(H,32,38)(H,33,43). The summed E-state index contributed by atoms with van der Waals surface area (Å²) in [5, 5.41) is 10.6. The van der Waals surface area contributed by atoms with E-state index in [0.29, 0.717) is 0 Å². The molecular formula is C29H36N8O8. The second kappa shape index (κ2) is 20.3. The molecule has 0 bridgehead atoms. The molecule has 16 heteroatoms. The van der Waals surface area contributed by atoms with Crippen molar-refractivity contribution in [2.24, 2.45) is 5.11 Å². The highest BCUT2D eigenvalue weighted by Gasteiger charge is 2.21. The molecule has 2 aromatic carbocycles. The van der Waals surface area contributed by atoms with E-state index in [0.717, 1.165) is 23.1 Å². The van der Waals surface area contributed by atoms with E-state index in [1.54, 1.807) is 54.6 Å². The van der Waals surface area contributed by atoms with E-state index in [-0.39, 0.29) is 32.7 Å². The lowest BCUT2D eigenvalue weighted by Gasteiger charge is -2.24. The van der Waals surface area contributed by atoms with Crippen LogP contribution >= 0.6 is 0 Å². The van der Waals surface area contributed by atoms with Gasteiger partial charge in [0.05, 0.1) is 26.7 Å². The molecule has 0 aliphatic carbocycles. The predicted molar refractivity (Wildman–Crippen MR) is 160 cm³/mol. The molecule has 16 nitrogen and oxygen atoms in total. The van der Waals surface area contributed by atoms with Gasteiger partial charge in [-0.05, 0) is 23.1 Å². The Kier molecular flexibility index (Phi) is 16.0. The van der Waals surface area contributed by atoms with E-state index in [4.69, 9.17) is 10.3 Å². The van der Waals surface area contributed by atoms with Gasteiger partial charge in [-0.1, -0.05) is 65.8 Å². The molecule has 0 spiro atoms. The number of alkyl carbamates (subject to hydrolysis) is 1. The first-order valence-corrected chi connectivity index (χ1v) is 13.9. The van der Waals surface area contributed by atoms with Crippen LogP contribution in [0.25, 0.3) is 10.4 Å². The number of amides is 5. The fourth-order valence-electron chi connectivity index (χ4n) is 3.73. The summed E-state index contributed by atoms with van der Waals surface area (Å²) in [4.78, 5) is 79.4. The largest absolute Gasteiger partial charge is 0.468 e. The van der Waals surface area contributed by atoms with Gasteiger partial charge in [-0.2, -0.15) is 0 Å². The maximum Gasteiger partial charge on any atom is 0.407 e. The molecule has 0 heterocycles. The summed E-state index contributed by atoms with van der Waals surface area (Å²) < 4.78 is 9.60. The van der Waals surface area contributed by atoms with Crippen molar-refractivity contribution in [3.05, 3.63) is 82.2 Å². The fourth-order valence-corrected chi connectivity index (χ4v) is 3.73. The number of hydrogen-bond donors (Lipinski definition) is 3. The zero-order chi connectivity index (χ0) is 32.9. The van der Waals surface area contributed by atoms with Crippen LogP contribution in [0.15, 0.2) is 65.8 Å². The minimum atomic E-state index is -0.807. The lowest BCUT2D eigenvalue weighted by atomic mass is 10.2. The molecule has 45 heavy (non-hydrogen) atoms. The number of hydrogen-bond acceptors (Lipinski definition) is 9. The normalized spacial score (nSPS) is 9.98. The van der Waals surface area contributed by atoms with Crippen molar-refractivity contribution >= 4 is 35.7 Å². The van der Waals surface area contributed by atoms with E-state index >= 15 is 0 Å². The maximum absolute atomic E-state index is 13.0. The Bertz CT molecular complexity index is 1340. The van der Waals surface area contributed by atoms with Crippen molar-refractivity contribution in [2.45, 2.75) is 19.6 Å². The number of ether oxygens (including phenoxy) is 2. The summed E-state index contributed by atoms with van der Waals surface area (Å²) in [6, 6.07) is 17.9. The molecule has 0 fully saturated rings. The Hall–Kier alpha value is -5.63. The van der Waals surface area contributed by atoms with E-state index in [2.05, 4.69) is 30.7 Å². The molecule has 0 saturated heterocycles. The highest BCUT2D eigenvalue weighted by molar-refractivity contribution is 5.91. The molecule has 0 aliphatic rings. The Labute approximate surface area is 259 Å². The number of methoxy groups -OCH3 is 1. The second-order valence-electron chi connectivity index (χ2n) is 9.40. The molecule has 3 N–H and O–H groups in total. The number of nitrogens with one attached hydrogen (secondary N) is 3. The molecule has 0 radical (unpaired) electrons. The number of nitrogens with zero attached hydrogens (tertiary/aromatic N) is 5. The zero-order valence-corrected chi connectivity index (χ0v) is 24.8. The van der Waals surface area contributed by atoms with Gasteiger partial charge in [-0.15, -0.1) is 0 Å². The molecule has 0 atom stereocenters. The van der Waals surface area contributed by atoms with Gasteiger partial charge in [-0.3, -0.25) is 24.0 Å². The molecule has 0 aromatic heterocycles. The number of esters is 1. The van der Waals surface area contributed by atoms with Gasteiger partial charge >= 0.3 is 12.1 Å². The van der Waals surface area contributed by atoms with Gasteiger partial charge in [-0.25, -0.2) is 4.79 Å². The lowest BCUT2D eigenvalue weighted by Crippen LogP contribution is -2.48.